The van der Waals surface area contributed by atoms with Crippen molar-refractivity contribution in [2.75, 3.05) is 11.4 Å². The number of hydrogen-bond donors (Lipinski definition) is 0. The van der Waals surface area contributed by atoms with E-state index in [1.54, 1.807) is 24.3 Å². The van der Waals surface area contributed by atoms with E-state index in [4.69, 9.17) is 4.74 Å². The Balaban J connectivity index is 1.67. The van der Waals surface area contributed by atoms with Gasteiger partial charge in [-0.15, -0.1) is 0 Å². The molecule has 0 N–H and O–H groups in total. The van der Waals surface area contributed by atoms with Crippen molar-refractivity contribution in [2.45, 2.75) is 12.5 Å². The molecule has 1 amide bonds. The molecular formula is C22H17F2NO2. The quantitative estimate of drug-likeness (QED) is 0.613. The number of benzene rings is 3. The van der Waals surface area contributed by atoms with E-state index in [-0.39, 0.29) is 0 Å². The van der Waals surface area contributed by atoms with Crippen LogP contribution >= 0.6 is 0 Å². The van der Waals surface area contributed by atoms with E-state index in [0.717, 1.165) is 11.6 Å². The number of ether oxygens (including phenoxy) is 1. The van der Waals surface area contributed by atoms with E-state index in [1.807, 2.05) is 37.3 Å². The third-order valence-electron chi connectivity index (χ3n) is 4.73. The van der Waals surface area contributed by atoms with Gasteiger partial charge in [0.2, 0.25) is 0 Å². The zero-order valence-electron chi connectivity index (χ0n) is 14.7. The van der Waals surface area contributed by atoms with Crippen LogP contribution in [0.5, 0.6) is 0 Å². The highest BCUT2D eigenvalue weighted by atomic mass is 19.1. The van der Waals surface area contributed by atoms with Gasteiger partial charge in [0.1, 0.15) is 11.6 Å². The van der Waals surface area contributed by atoms with Crippen LogP contribution < -0.4 is 4.90 Å². The smallest absolute Gasteiger partial charge is 0.415 e. The molecule has 0 aromatic heterocycles. The predicted octanol–water partition coefficient (Wildman–Crippen LogP) is 5.50. The summed E-state index contributed by atoms with van der Waals surface area (Å²) in [5.74, 6) is -1.29. The Morgan fingerprint density at radius 1 is 0.889 bits per heavy atom. The lowest BCUT2D eigenvalue weighted by molar-refractivity contribution is 0.0705. The second-order valence-corrected chi connectivity index (χ2v) is 6.76. The molecular weight excluding hydrogens is 348 g/mol. The van der Waals surface area contributed by atoms with E-state index in [0.29, 0.717) is 23.4 Å². The summed E-state index contributed by atoms with van der Waals surface area (Å²) in [5.41, 5.74) is 1.78. The fourth-order valence-electron chi connectivity index (χ4n) is 3.36. The normalized spacial score (nSPS) is 19.2. The predicted molar refractivity (Wildman–Crippen MR) is 99.4 cm³/mol. The van der Waals surface area contributed by atoms with Crippen molar-refractivity contribution >= 4 is 11.8 Å². The number of carbonyl (C=O) groups excluding carboxylic acids is 1. The van der Waals surface area contributed by atoms with Gasteiger partial charge in [0, 0.05) is 11.8 Å². The van der Waals surface area contributed by atoms with Gasteiger partial charge in [-0.25, -0.2) is 13.6 Å². The van der Waals surface area contributed by atoms with Crippen LogP contribution in [0.4, 0.5) is 19.3 Å². The summed E-state index contributed by atoms with van der Waals surface area (Å²) < 4.78 is 32.7. The number of cyclic esters (lactones) is 1. The minimum atomic E-state index is -0.765. The van der Waals surface area contributed by atoms with Gasteiger partial charge in [-0.2, -0.15) is 0 Å². The second kappa shape index (κ2) is 6.50. The number of halogens is 2. The van der Waals surface area contributed by atoms with Gasteiger partial charge < -0.3 is 4.74 Å². The molecule has 1 unspecified atom stereocenters. The van der Waals surface area contributed by atoms with Crippen LogP contribution in [0.2, 0.25) is 0 Å². The SMILES string of the molecule is CC1(c2ccccc2)CN(c2cccc(-c3cc(F)cc(F)c3)c2)C(=O)O1. The van der Waals surface area contributed by atoms with Gasteiger partial charge in [-0.1, -0.05) is 42.5 Å². The average molecular weight is 365 g/mol. The van der Waals surface area contributed by atoms with Gasteiger partial charge in [-0.05, 0) is 47.9 Å². The number of amides is 1. The molecule has 0 aliphatic carbocycles. The Hall–Kier alpha value is -3.21. The van der Waals surface area contributed by atoms with E-state index < -0.39 is 23.3 Å². The highest BCUT2D eigenvalue weighted by molar-refractivity contribution is 5.91. The van der Waals surface area contributed by atoms with Crippen LogP contribution in [0.25, 0.3) is 11.1 Å². The van der Waals surface area contributed by atoms with Gasteiger partial charge in [-0.3, -0.25) is 4.90 Å². The van der Waals surface area contributed by atoms with E-state index in [9.17, 15) is 13.6 Å². The van der Waals surface area contributed by atoms with E-state index in [1.165, 1.54) is 17.0 Å². The van der Waals surface area contributed by atoms with Crippen molar-refractivity contribution in [2.24, 2.45) is 0 Å². The zero-order chi connectivity index (χ0) is 19.0. The van der Waals surface area contributed by atoms with Gasteiger partial charge >= 0.3 is 6.09 Å². The first-order chi connectivity index (χ1) is 12.9. The first kappa shape index (κ1) is 17.2. The molecule has 3 nitrogen and oxygen atoms in total. The lowest BCUT2D eigenvalue weighted by atomic mass is 9.96. The lowest BCUT2D eigenvalue weighted by Gasteiger charge is -2.22. The van der Waals surface area contributed by atoms with E-state index >= 15 is 0 Å². The number of rotatable bonds is 3. The Labute approximate surface area is 155 Å². The molecule has 1 aliphatic rings. The summed E-state index contributed by atoms with van der Waals surface area (Å²) in [6.45, 7) is 2.21. The van der Waals surface area contributed by atoms with Crippen molar-refractivity contribution in [1.29, 1.82) is 0 Å². The molecule has 1 saturated heterocycles. The number of hydrogen-bond acceptors (Lipinski definition) is 2. The Bertz CT molecular complexity index is 986. The molecule has 0 radical (unpaired) electrons. The van der Waals surface area contributed by atoms with Crippen LogP contribution in [0.1, 0.15) is 12.5 Å². The molecule has 0 spiro atoms. The molecule has 0 bridgehead atoms. The highest BCUT2D eigenvalue weighted by Crippen LogP contribution is 2.36. The summed E-state index contributed by atoms with van der Waals surface area (Å²) >= 11 is 0. The van der Waals surface area contributed by atoms with Gasteiger partial charge in [0.15, 0.2) is 5.60 Å². The van der Waals surface area contributed by atoms with Crippen LogP contribution in [0.3, 0.4) is 0 Å². The fourth-order valence-corrected chi connectivity index (χ4v) is 3.36. The monoisotopic (exact) mass is 365 g/mol. The van der Waals surface area contributed by atoms with Gasteiger partial charge in [0.05, 0.1) is 6.54 Å². The molecule has 27 heavy (non-hydrogen) atoms. The van der Waals surface area contributed by atoms with Crippen molar-refractivity contribution in [3.05, 3.63) is 90.0 Å². The second-order valence-electron chi connectivity index (χ2n) is 6.76. The maximum Gasteiger partial charge on any atom is 0.415 e. The summed E-state index contributed by atoms with van der Waals surface area (Å²) in [6.07, 6.45) is -0.455. The minimum Gasteiger partial charge on any atom is -0.436 e. The van der Waals surface area contributed by atoms with Crippen LogP contribution in [0, 0.1) is 11.6 Å². The van der Waals surface area contributed by atoms with Crippen LogP contribution in [0.15, 0.2) is 72.8 Å². The summed E-state index contributed by atoms with van der Waals surface area (Å²) in [4.78, 5) is 14.0. The molecule has 136 valence electrons. The third-order valence-corrected chi connectivity index (χ3v) is 4.73. The maximum absolute atomic E-state index is 13.5. The van der Waals surface area contributed by atoms with E-state index in [2.05, 4.69) is 0 Å². The molecule has 4 rings (SSSR count). The Kier molecular flexibility index (Phi) is 4.15. The van der Waals surface area contributed by atoms with Crippen LogP contribution in [-0.4, -0.2) is 12.6 Å². The Morgan fingerprint density at radius 3 is 2.30 bits per heavy atom. The summed E-state index contributed by atoms with van der Waals surface area (Å²) in [7, 11) is 0. The third kappa shape index (κ3) is 3.28. The van der Waals surface area contributed by atoms with Crippen molar-refractivity contribution in [3.63, 3.8) is 0 Å². The topological polar surface area (TPSA) is 29.5 Å². The highest BCUT2D eigenvalue weighted by Gasteiger charge is 2.43. The number of nitrogens with zero attached hydrogens (tertiary/aromatic N) is 1. The van der Waals surface area contributed by atoms with Gasteiger partial charge in [0.25, 0.3) is 0 Å². The van der Waals surface area contributed by atoms with Crippen molar-refractivity contribution < 1.29 is 18.3 Å². The molecule has 1 aliphatic heterocycles. The molecule has 0 saturated carbocycles. The average Bonchev–Trinajstić information content (AvgIpc) is 2.98. The maximum atomic E-state index is 13.5. The molecule has 1 atom stereocenters. The minimum absolute atomic E-state index is 0.344. The lowest BCUT2D eigenvalue weighted by Crippen LogP contribution is -2.29. The number of anilines is 1. The number of carbonyl (C=O) groups is 1. The first-order valence-corrected chi connectivity index (χ1v) is 8.57. The molecule has 5 heteroatoms. The first-order valence-electron chi connectivity index (χ1n) is 8.57. The van der Waals surface area contributed by atoms with Crippen molar-refractivity contribution in [3.8, 4) is 11.1 Å². The zero-order valence-corrected chi connectivity index (χ0v) is 14.7. The van der Waals surface area contributed by atoms with Crippen molar-refractivity contribution in [1.82, 2.24) is 0 Å². The molecule has 1 heterocycles. The standard InChI is InChI=1S/C22H17F2NO2/c1-22(17-7-3-2-4-8-17)14-25(21(26)27-22)20-9-5-6-15(12-20)16-10-18(23)13-19(24)11-16/h2-13H,14H2,1H3. The summed E-state index contributed by atoms with van der Waals surface area (Å²) in [5, 5.41) is 0. The molecule has 3 aromatic rings. The van der Waals surface area contributed by atoms with Crippen LogP contribution in [-0.2, 0) is 10.3 Å². The summed E-state index contributed by atoms with van der Waals surface area (Å²) in [6, 6.07) is 19.9. The molecule has 1 fully saturated rings. The Morgan fingerprint density at radius 2 is 1.59 bits per heavy atom. The largest absolute Gasteiger partial charge is 0.436 e. The molecule has 3 aromatic carbocycles. The fraction of sp³-hybridized carbons (Fsp3) is 0.136.